The fourth-order valence-electron chi connectivity index (χ4n) is 3.33. The summed E-state index contributed by atoms with van der Waals surface area (Å²) in [5.74, 6) is 1.01. The average Bonchev–Trinajstić information content (AvgIpc) is 2.97. The van der Waals surface area contributed by atoms with E-state index in [0.29, 0.717) is 22.3 Å². The number of esters is 1. The molecule has 1 aromatic heterocycles. The zero-order chi connectivity index (χ0) is 19.6. The van der Waals surface area contributed by atoms with E-state index >= 15 is 0 Å². The van der Waals surface area contributed by atoms with Gasteiger partial charge in [-0.2, -0.15) is 0 Å². The lowest BCUT2D eigenvalue weighted by Crippen LogP contribution is -2.21. The summed E-state index contributed by atoms with van der Waals surface area (Å²) in [6.45, 7) is 4.24. The molecule has 2 N–H and O–H groups in total. The van der Waals surface area contributed by atoms with Gasteiger partial charge in [-0.15, -0.1) is 11.3 Å². The quantitative estimate of drug-likeness (QED) is 0.565. The summed E-state index contributed by atoms with van der Waals surface area (Å²) in [5.41, 5.74) is 3.59. The van der Waals surface area contributed by atoms with Crippen LogP contribution in [-0.4, -0.2) is 25.3 Å². The van der Waals surface area contributed by atoms with E-state index in [4.69, 9.17) is 21.7 Å². The Morgan fingerprint density at radius 1 is 1.30 bits per heavy atom. The van der Waals surface area contributed by atoms with E-state index in [9.17, 15) is 4.79 Å². The number of nitrogens with one attached hydrogen (secondary N) is 2. The summed E-state index contributed by atoms with van der Waals surface area (Å²) in [6, 6.07) is 5.84. The van der Waals surface area contributed by atoms with Gasteiger partial charge in [-0.1, -0.05) is 13.0 Å². The van der Waals surface area contributed by atoms with Gasteiger partial charge in [0.25, 0.3) is 0 Å². The Morgan fingerprint density at radius 2 is 2.07 bits per heavy atom. The minimum absolute atomic E-state index is 0.319. The van der Waals surface area contributed by atoms with Gasteiger partial charge in [0.2, 0.25) is 0 Å². The number of methoxy groups -OCH3 is 2. The molecule has 0 aliphatic heterocycles. The minimum atomic E-state index is -0.319. The van der Waals surface area contributed by atoms with Crippen molar-refractivity contribution in [2.75, 3.05) is 24.9 Å². The first kappa shape index (κ1) is 19.6. The molecular formula is C20H24N2O3S2. The van der Waals surface area contributed by atoms with Gasteiger partial charge in [-0.3, -0.25) is 0 Å². The number of thiocarbonyl (C=S) groups is 1. The van der Waals surface area contributed by atoms with Crippen molar-refractivity contribution in [3.05, 3.63) is 39.8 Å². The molecule has 0 amide bonds. The van der Waals surface area contributed by atoms with Crippen molar-refractivity contribution < 1.29 is 14.3 Å². The maximum absolute atomic E-state index is 12.4. The Morgan fingerprint density at radius 3 is 2.78 bits per heavy atom. The van der Waals surface area contributed by atoms with Crippen molar-refractivity contribution >= 4 is 45.3 Å². The summed E-state index contributed by atoms with van der Waals surface area (Å²) in [7, 11) is 3.03. The van der Waals surface area contributed by atoms with E-state index in [1.54, 1.807) is 18.4 Å². The molecule has 0 radical (unpaired) electrons. The van der Waals surface area contributed by atoms with Crippen LogP contribution < -0.4 is 15.4 Å². The van der Waals surface area contributed by atoms with Gasteiger partial charge in [-0.25, -0.2) is 4.79 Å². The van der Waals surface area contributed by atoms with Crippen LogP contribution in [0, 0.1) is 12.8 Å². The number of carbonyl (C=O) groups is 1. The first-order chi connectivity index (χ1) is 12.9. The van der Waals surface area contributed by atoms with E-state index in [-0.39, 0.29) is 5.97 Å². The number of rotatable bonds is 4. The highest BCUT2D eigenvalue weighted by Gasteiger charge is 2.28. The second kappa shape index (κ2) is 8.27. The standard InChI is InChI=1S/C20H24N2O3S2/c1-11-6-8-15(24-3)14(9-11)21-20(26)22-18-17(19(23)25-4)13-7-5-12(2)10-16(13)27-18/h6,8-9,12H,5,7,10H2,1-4H3,(H2,21,22,26). The molecule has 0 saturated heterocycles. The zero-order valence-corrected chi connectivity index (χ0v) is 17.6. The van der Waals surface area contributed by atoms with E-state index in [1.165, 1.54) is 12.0 Å². The number of fused-ring (bicyclic) bond motifs is 1. The molecule has 0 saturated carbocycles. The first-order valence-corrected chi connectivity index (χ1v) is 10.1. The molecule has 144 valence electrons. The summed E-state index contributed by atoms with van der Waals surface area (Å²) >= 11 is 7.08. The van der Waals surface area contributed by atoms with Gasteiger partial charge in [0.15, 0.2) is 5.11 Å². The molecule has 7 heteroatoms. The molecular weight excluding hydrogens is 380 g/mol. The highest BCUT2D eigenvalue weighted by atomic mass is 32.1. The van der Waals surface area contributed by atoms with Gasteiger partial charge in [0, 0.05) is 4.88 Å². The fourth-order valence-corrected chi connectivity index (χ4v) is 5.01. The molecule has 0 spiro atoms. The van der Waals surface area contributed by atoms with Gasteiger partial charge >= 0.3 is 5.97 Å². The summed E-state index contributed by atoms with van der Waals surface area (Å²) < 4.78 is 10.4. The van der Waals surface area contributed by atoms with Crippen LogP contribution in [0.1, 0.15) is 39.7 Å². The number of hydrogen-bond acceptors (Lipinski definition) is 5. The smallest absolute Gasteiger partial charge is 0.341 e. The van der Waals surface area contributed by atoms with Crippen molar-refractivity contribution in [2.45, 2.75) is 33.1 Å². The van der Waals surface area contributed by atoms with Gasteiger partial charge in [0.05, 0.1) is 25.5 Å². The number of benzene rings is 1. The molecule has 2 aromatic rings. The van der Waals surface area contributed by atoms with E-state index in [1.807, 2.05) is 25.1 Å². The SMILES string of the molecule is COC(=O)c1c(NC(=S)Nc2cc(C)ccc2OC)sc2c1CCC(C)C2. The second-order valence-electron chi connectivity index (χ2n) is 6.83. The van der Waals surface area contributed by atoms with Crippen LogP contribution in [-0.2, 0) is 17.6 Å². The maximum atomic E-state index is 12.4. The van der Waals surface area contributed by atoms with Crippen LogP contribution in [0.2, 0.25) is 0 Å². The highest BCUT2D eigenvalue weighted by molar-refractivity contribution is 7.80. The van der Waals surface area contributed by atoms with Crippen LogP contribution >= 0.6 is 23.6 Å². The molecule has 0 fully saturated rings. The Hall–Kier alpha value is -2.12. The fraction of sp³-hybridized carbons (Fsp3) is 0.400. The van der Waals surface area contributed by atoms with Gasteiger partial charge in [0.1, 0.15) is 10.8 Å². The lowest BCUT2D eigenvalue weighted by Gasteiger charge is -2.18. The normalized spacial score (nSPS) is 15.6. The molecule has 1 unspecified atom stereocenters. The maximum Gasteiger partial charge on any atom is 0.341 e. The van der Waals surface area contributed by atoms with Crippen LogP contribution in [0.5, 0.6) is 5.75 Å². The molecule has 5 nitrogen and oxygen atoms in total. The molecule has 27 heavy (non-hydrogen) atoms. The number of ether oxygens (including phenoxy) is 2. The molecule has 1 aromatic carbocycles. The Balaban J connectivity index is 1.86. The van der Waals surface area contributed by atoms with Crippen LogP contribution in [0.25, 0.3) is 0 Å². The van der Waals surface area contributed by atoms with Crippen molar-refractivity contribution in [2.24, 2.45) is 5.92 Å². The summed E-state index contributed by atoms with van der Waals surface area (Å²) in [6.07, 6.45) is 2.96. The number of aryl methyl sites for hydroxylation is 1. The molecule has 1 aliphatic rings. The van der Waals surface area contributed by atoms with E-state index in [0.717, 1.165) is 41.1 Å². The first-order valence-electron chi connectivity index (χ1n) is 8.88. The Bertz CT molecular complexity index is 876. The van der Waals surface area contributed by atoms with Crippen molar-refractivity contribution in [1.29, 1.82) is 0 Å². The van der Waals surface area contributed by atoms with E-state index < -0.39 is 0 Å². The molecule has 3 rings (SSSR count). The third-order valence-electron chi connectivity index (χ3n) is 4.73. The number of anilines is 2. The topological polar surface area (TPSA) is 59.6 Å². The average molecular weight is 405 g/mol. The summed E-state index contributed by atoms with van der Waals surface area (Å²) in [5, 5.41) is 7.53. The lowest BCUT2D eigenvalue weighted by molar-refractivity contribution is 0.0601. The van der Waals surface area contributed by atoms with Gasteiger partial charge < -0.3 is 20.1 Å². The third kappa shape index (κ3) is 4.25. The van der Waals surface area contributed by atoms with E-state index in [2.05, 4.69) is 17.6 Å². The molecule has 1 heterocycles. The molecule has 1 atom stereocenters. The third-order valence-corrected chi connectivity index (χ3v) is 6.11. The number of carbonyl (C=O) groups excluding carboxylic acids is 1. The lowest BCUT2D eigenvalue weighted by atomic mass is 9.88. The largest absolute Gasteiger partial charge is 0.495 e. The second-order valence-corrected chi connectivity index (χ2v) is 8.34. The summed E-state index contributed by atoms with van der Waals surface area (Å²) in [4.78, 5) is 13.6. The number of thiophene rings is 1. The predicted octanol–water partition coefficient (Wildman–Crippen LogP) is 4.79. The van der Waals surface area contributed by atoms with Crippen LogP contribution in [0.4, 0.5) is 10.7 Å². The monoisotopic (exact) mass is 404 g/mol. The zero-order valence-electron chi connectivity index (χ0n) is 16.0. The van der Waals surface area contributed by atoms with Gasteiger partial charge in [-0.05, 0) is 67.6 Å². The van der Waals surface area contributed by atoms with Crippen LogP contribution in [0.15, 0.2) is 18.2 Å². The minimum Gasteiger partial charge on any atom is -0.495 e. The van der Waals surface area contributed by atoms with Crippen molar-refractivity contribution in [3.63, 3.8) is 0 Å². The highest BCUT2D eigenvalue weighted by Crippen LogP contribution is 2.40. The Kier molecular flexibility index (Phi) is 6.01. The van der Waals surface area contributed by atoms with Crippen molar-refractivity contribution in [3.8, 4) is 5.75 Å². The van der Waals surface area contributed by atoms with Crippen molar-refractivity contribution in [1.82, 2.24) is 0 Å². The number of hydrogen-bond donors (Lipinski definition) is 2. The molecule has 1 aliphatic carbocycles. The van der Waals surface area contributed by atoms with Crippen LogP contribution in [0.3, 0.4) is 0 Å². The predicted molar refractivity (Wildman–Crippen MR) is 114 cm³/mol. The Labute approximate surface area is 169 Å². The molecule has 0 bridgehead atoms.